The Labute approximate surface area is 96.7 Å². The Morgan fingerprint density at radius 3 is 2.80 bits per heavy atom. The van der Waals surface area contributed by atoms with E-state index in [4.69, 9.17) is 16.2 Å². The topological polar surface area (TPSA) is 78.3 Å². The Hall–Kier alpha value is -1.07. The largest absolute Gasteiger partial charge is 0.481 e. The third kappa shape index (κ3) is 3.21. The van der Waals surface area contributed by atoms with Gasteiger partial charge < -0.3 is 16.2 Å². The Morgan fingerprint density at radius 2 is 2.27 bits per heavy atom. The minimum absolute atomic E-state index is 0.347. The van der Waals surface area contributed by atoms with Crippen molar-refractivity contribution in [2.24, 2.45) is 11.5 Å². The second kappa shape index (κ2) is 5.14. The number of amides is 1. The zero-order valence-corrected chi connectivity index (χ0v) is 9.95. The van der Waals surface area contributed by atoms with Crippen LogP contribution in [0.15, 0.2) is 22.7 Å². The van der Waals surface area contributed by atoms with E-state index in [0.29, 0.717) is 12.3 Å². The van der Waals surface area contributed by atoms with Crippen molar-refractivity contribution in [3.63, 3.8) is 0 Å². The summed E-state index contributed by atoms with van der Waals surface area (Å²) in [5, 5.41) is 0. The van der Waals surface area contributed by atoms with Crippen LogP contribution in [0.4, 0.5) is 0 Å². The smallest absolute Gasteiger partial charge is 0.258 e. The van der Waals surface area contributed by atoms with Gasteiger partial charge in [-0.1, -0.05) is 15.9 Å². The molecule has 5 heteroatoms. The maximum Gasteiger partial charge on any atom is 0.258 e. The number of primary amides is 1. The zero-order valence-electron chi connectivity index (χ0n) is 8.37. The molecule has 0 heterocycles. The van der Waals surface area contributed by atoms with Crippen molar-refractivity contribution < 1.29 is 9.53 Å². The van der Waals surface area contributed by atoms with E-state index < -0.39 is 12.0 Å². The van der Waals surface area contributed by atoms with Crippen LogP contribution < -0.4 is 16.2 Å². The van der Waals surface area contributed by atoms with Crippen LogP contribution in [0.1, 0.15) is 12.5 Å². The van der Waals surface area contributed by atoms with Gasteiger partial charge in [0.1, 0.15) is 5.75 Å². The van der Waals surface area contributed by atoms with Gasteiger partial charge in [-0.15, -0.1) is 0 Å². The number of carbonyl (C=O) groups is 1. The minimum Gasteiger partial charge on any atom is -0.481 e. The van der Waals surface area contributed by atoms with E-state index in [1.807, 2.05) is 12.1 Å². The predicted molar refractivity (Wildman–Crippen MR) is 61.3 cm³/mol. The molecule has 0 radical (unpaired) electrons. The predicted octanol–water partition coefficient (Wildman–Crippen LogP) is 1.16. The summed E-state index contributed by atoms with van der Waals surface area (Å²) >= 11 is 3.33. The number of halogens is 1. The summed E-state index contributed by atoms with van der Waals surface area (Å²) in [7, 11) is 0. The molecule has 1 aromatic carbocycles. The Balaban J connectivity index is 2.89. The van der Waals surface area contributed by atoms with Crippen LogP contribution in [-0.4, -0.2) is 12.0 Å². The molecule has 0 aliphatic heterocycles. The molecule has 0 saturated heterocycles. The number of rotatable bonds is 4. The molecular formula is C10H13BrN2O2. The van der Waals surface area contributed by atoms with Gasteiger partial charge in [0.25, 0.3) is 5.91 Å². The second-order valence-corrected chi connectivity index (χ2v) is 4.03. The number of carbonyl (C=O) groups excluding carboxylic acids is 1. The fourth-order valence-electron chi connectivity index (χ4n) is 1.07. The van der Waals surface area contributed by atoms with Gasteiger partial charge in [0.05, 0.1) is 0 Å². The van der Waals surface area contributed by atoms with Gasteiger partial charge in [0.2, 0.25) is 0 Å². The van der Waals surface area contributed by atoms with Gasteiger partial charge in [-0.2, -0.15) is 0 Å². The summed E-state index contributed by atoms with van der Waals surface area (Å²) in [6, 6.07) is 5.43. The SMILES string of the molecule is CC(Oc1ccc(Br)cc1CN)C(N)=O. The summed E-state index contributed by atoms with van der Waals surface area (Å²) in [5.41, 5.74) is 11.5. The molecule has 0 saturated carbocycles. The molecule has 0 spiro atoms. The molecule has 1 rings (SSSR count). The molecule has 4 nitrogen and oxygen atoms in total. The first kappa shape index (κ1) is 12.0. The summed E-state index contributed by atoms with van der Waals surface area (Å²) in [6.07, 6.45) is -0.656. The first-order valence-corrected chi connectivity index (χ1v) is 5.28. The average molecular weight is 273 g/mol. The van der Waals surface area contributed by atoms with Crippen molar-refractivity contribution in [1.29, 1.82) is 0 Å². The molecule has 0 fully saturated rings. The highest BCUT2D eigenvalue weighted by molar-refractivity contribution is 9.10. The van der Waals surface area contributed by atoms with E-state index >= 15 is 0 Å². The molecular weight excluding hydrogens is 260 g/mol. The van der Waals surface area contributed by atoms with Gasteiger partial charge in [-0.05, 0) is 25.1 Å². The van der Waals surface area contributed by atoms with E-state index in [9.17, 15) is 4.79 Å². The third-order valence-corrected chi connectivity index (χ3v) is 2.44. The lowest BCUT2D eigenvalue weighted by atomic mass is 10.2. The molecule has 1 atom stereocenters. The van der Waals surface area contributed by atoms with Crippen molar-refractivity contribution in [2.45, 2.75) is 19.6 Å². The van der Waals surface area contributed by atoms with Gasteiger partial charge in [-0.25, -0.2) is 0 Å². The molecule has 0 aliphatic rings. The molecule has 1 amide bonds. The molecule has 82 valence electrons. The van der Waals surface area contributed by atoms with E-state index in [-0.39, 0.29) is 0 Å². The number of nitrogens with two attached hydrogens (primary N) is 2. The summed E-state index contributed by atoms with van der Waals surface area (Å²) in [6.45, 7) is 1.95. The molecule has 0 aromatic heterocycles. The summed E-state index contributed by atoms with van der Waals surface area (Å²) in [5.74, 6) is 0.0906. The van der Waals surface area contributed by atoms with E-state index in [2.05, 4.69) is 15.9 Å². The van der Waals surface area contributed by atoms with Crippen molar-refractivity contribution in [1.82, 2.24) is 0 Å². The third-order valence-electron chi connectivity index (χ3n) is 1.95. The number of ether oxygens (including phenoxy) is 1. The van der Waals surface area contributed by atoms with Crippen LogP contribution in [0.25, 0.3) is 0 Å². The average Bonchev–Trinajstić information content (AvgIpc) is 2.20. The standard InChI is InChI=1S/C10H13BrN2O2/c1-6(10(13)14)15-9-3-2-8(11)4-7(9)5-12/h2-4,6H,5,12H2,1H3,(H2,13,14). The quantitative estimate of drug-likeness (QED) is 0.864. The van der Waals surface area contributed by atoms with Gasteiger partial charge in [0, 0.05) is 16.6 Å². The van der Waals surface area contributed by atoms with Crippen LogP contribution in [-0.2, 0) is 11.3 Å². The first-order valence-electron chi connectivity index (χ1n) is 4.49. The monoisotopic (exact) mass is 272 g/mol. The maximum atomic E-state index is 10.8. The number of hydrogen-bond acceptors (Lipinski definition) is 3. The highest BCUT2D eigenvalue weighted by Crippen LogP contribution is 2.23. The number of hydrogen-bond donors (Lipinski definition) is 2. The molecule has 4 N–H and O–H groups in total. The normalized spacial score (nSPS) is 12.2. The highest BCUT2D eigenvalue weighted by Gasteiger charge is 2.12. The van der Waals surface area contributed by atoms with Gasteiger partial charge >= 0.3 is 0 Å². The van der Waals surface area contributed by atoms with Crippen molar-refractivity contribution >= 4 is 21.8 Å². The van der Waals surface area contributed by atoms with Crippen LogP contribution >= 0.6 is 15.9 Å². The lowest BCUT2D eigenvalue weighted by Gasteiger charge is -2.14. The fraction of sp³-hybridized carbons (Fsp3) is 0.300. The summed E-state index contributed by atoms with van der Waals surface area (Å²) < 4.78 is 6.30. The van der Waals surface area contributed by atoms with Crippen LogP contribution in [0.2, 0.25) is 0 Å². The molecule has 1 unspecified atom stereocenters. The van der Waals surface area contributed by atoms with Crippen molar-refractivity contribution in [3.8, 4) is 5.75 Å². The van der Waals surface area contributed by atoms with Crippen molar-refractivity contribution in [3.05, 3.63) is 28.2 Å². The molecule has 15 heavy (non-hydrogen) atoms. The molecule has 0 aliphatic carbocycles. The molecule has 1 aromatic rings. The first-order chi connectivity index (χ1) is 7.04. The van der Waals surface area contributed by atoms with Gasteiger partial charge in [-0.3, -0.25) is 4.79 Å². The van der Waals surface area contributed by atoms with E-state index in [1.165, 1.54) is 0 Å². The fourth-order valence-corrected chi connectivity index (χ4v) is 1.48. The van der Waals surface area contributed by atoms with E-state index in [1.54, 1.807) is 13.0 Å². The number of benzene rings is 1. The van der Waals surface area contributed by atoms with Crippen LogP contribution in [0.5, 0.6) is 5.75 Å². The maximum absolute atomic E-state index is 10.8. The lowest BCUT2D eigenvalue weighted by molar-refractivity contribution is -0.124. The lowest BCUT2D eigenvalue weighted by Crippen LogP contribution is -2.31. The van der Waals surface area contributed by atoms with Crippen molar-refractivity contribution in [2.75, 3.05) is 0 Å². The minimum atomic E-state index is -0.656. The second-order valence-electron chi connectivity index (χ2n) is 3.12. The van der Waals surface area contributed by atoms with E-state index in [0.717, 1.165) is 10.0 Å². The highest BCUT2D eigenvalue weighted by atomic mass is 79.9. The zero-order chi connectivity index (χ0) is 11.4. The van der Waals surface area contributed by atoms with Crippen LogP contribution in [0.3, 0.4) is 0 Å². The summed E-state index contributed by atoms with van der Waals surface area (Å²) in [4.78, 5) is 10.8. The van der Waals surface area contributed by atoms with Crippen LogP contribution in [0, 0.1) is 0 Å². The Morgan fingerprint density at radius 1 is 1.60 bits per heavy atom. The van der Waals surface area contributed by atoms with Gasteiger partial charge in [0.15, 0.2) is 6.10 Å². The molecule has 0 bridgehead atoms. The Kier molecular flexibility index (Phi) is 4.11. The Bertz CT molecular complexity index is 368.